The third-order valence-corrected chi connectivity index (χ3v) is 2.60. The molecule has 19 heavy (non-hydrogen) atoms. The van der Waals surface area contributed by atoms with Crippen LogP contribution in [0, 0.1) is 0 Å². The van der Waals surface area contributed by atoms with Crippen LogP contribution in [0.5, 0.6) is 0 Å². The van der Waals surface area contributed by atoms with Crippen molar-refractivity contribution in [2.75, 3.05) is 0 Å². The van der Waals surface area contributed by atoms with Crippen LogP contribution < -0.4 is 0 Å². The first-order valence-corrected chi connectivity index (χ1v) is 5.50. The number of hydrogen-bond donors (Lipinski definition) is 0. The van der Waals surface area contributed by atoms with Crippen molar-refractivity contribution in [1.82, 2.24) is 4.57 Å². The molecule has 0 aliphatic rings. The van der Waals surface area contributed by atoms with Crippen LogP contribution in [0.15, 0.2) is 54.7 Å². The van der Waals surface area contributed by atoms with Crippen LogP contribution in [-0.4, -0.2) is 17.0 Å². The fourth-order valence-corrected chi connectivity index (χ4v) is 1.81. The molecule has 1 aromatic heterocycles. The summed E-state index contributed by atoms with van der Waals surface area (Å²) in [5, 5.41) is 0. The van der Waals surface area contributed by atoms with E-state index in [9.17, 15) is 18.0 Å². The van der Waals surface area contributed by atoms with Crippen molar-refractivity contribution in [2.24, 2.45) is 0 Å². The Morgan fingerprint density at radius 3 is 2.32 bits per heavy atom. The van der Waals surface area contributed by atoms with Gasteiger partial charge in [-0.1, -0.05) is 18.2 Å². The van der Waals surface area contributed by atoms with Crippen LogP contribution in [0.25, 0.3) is 11.3 Å². The molecule has 0 aliphatic carbocycles. The summed E-state index contributed by atoms with van der Waals surface area (Å²) in [5.41, 5.74) is -0.425. The summed E-state index contributed by atoms with van der Waals surface area (Å²) in [4.78, 5) is 10.4. The van der Waals surface area contributed by atoms with E-state index in [-0.39, 0.29) is 12.0 Å². The number of allylic oxidation sites excluding steroid dienone is 2. The minimum absolute atomic E-state index is 0.0641. The van der Waals surface area contributed by atoms with E-state index < -0.39 is 11.7 Å². The Balaban J connectivity index is 2.56. The van der Waals surface area contributed by atoms with Crippen LogP contribution in [0.4, 0.5) is 13.2 Å². The zero-order valence-corrected chi connectivity index (χ0v) is 9.76. The number of nitrogens with zero attached hydrogens (tertiary/aromatic N) is 1. The molecule has 0 radical (unpaired) electrons. The van der Waals surface area contributed by atoms with E-state index in [2.05, 4.69) is 0 Å². The molecule has 1 aromatic carbocycles. The number of alkyl halides is 3. The Morgan fingerprint density at radius 1 is 1.05 bits per heavy atom. The molecule has 0 bridgehead atoms. The minimum Gasteiger partial charge on any atom is -0.317 e. The second-order valence-corrected chi connectivity index (χ2v) is 3.81. The average molecular weight is 265 g/mol. The highest BCUT2D eigenvalue weighted by molar-refractivity contribution is 5.83. The molecule has 2 rings (SSSR count). The molecule has 0 atom stereocenters. The molecule has 5 heteroatoms. The Labute approximate surface area is 107 Å². The quantitative estimate of drug-likeness (QED) is 0.613. The van der Waals surface area contributed by atoms with Gasteiger partial charge in [0, 0.05) is 11.9 Å². The van der Waals surface area contributed by atoms with Gasteiger partial charge in [0.25, 0.3) is 0 Å². The van der Waals surface area contributed by atoms with Crippen molar-refractivity contribution in [2.45, 2.75) is 6.18 Å². The number of carbonyl (C=O) groups is 1. The Hall–Kier alpha value is -2.30. The van der Waals surface area contributed by atoms with Crippen LogP contribution in [-0.2, 0) is 4.79 Å². The predicted molar refractivity (Wildman–Crippen MR) is 65.9 cm³/mol. The smallest absolute Gasteiger partial charge is 0.317 e. The van der Waals surface area contributed by atoms with Gasteiger partial charge in [-0.05, 0) is 30.3 Å². The second-order valence-electron chi connectivity index (χ2n) is 3.81. The summed E-state index contributed by atoms with van der Waals surface area (Å²) in [6.07, 6.45) is -2.37. The number of rotatable bonds is 3. The van der Waals surface area contributed by atoms with E-state index in [4.69, 9.17) is 0 Å². The number of aromatic nitrogens is 1. The van der Waals surface area contributed by atoms with Gasteiger partial charge in [0.2, 0.25) is 0 Å². The summed E-state index contributed by atoms with van der Waals surface area (Å²) in [5.74, 6) is 0. The number of hydrogen-bond acceptors (Lipinski definition) is 1. The van der Waals surface area contributed by atoms with Crippen molar-refractivity contribution in [3.8, 4) is 5.69 Å². The lowest BCUT2D eigenvalue weighted by atomic mass is 10.1. The van der Waals surface area contributed by atoms with Gasteiger partial charge in [-0.3, -0.25) is 4.79 Å². The van der Waals surface area contributed by atoms with Crippen LogP contribution in [0.3, 0.4) is 0 Å². The zero-order chi connectivity index (χ0) is 13.9. The van der Waals surface area contributed by atoms with E-state index in [1.807, 2.05) is 0 Å². The van der Waals surface area contributed by atoms with E-state index in [1.165, 1.54) is 22.9 Å². The van der Waals surface area contributed by atoms with Gasteiger partial charge in [-0.15, -0.1) is 0 Å². The predicted octanol–water partition coefficient (Wildman–Crippen LogP) is 3.62. The summed E-state index contributed by atoms with van der Waals surface area (Å²) in [7, 11) is 0. The molecule has 0 N–H and O–H groups in total. The maximum absolute atomic E-state index is 12.9. The monoisotopic (exact) mass is 265 g/mol. The summed E-state index contributed by atoms with van der Waals surface area (Å²) < 4.78 is 40.2. The molecular formula is C14H10F3NO. The standard InChI is InChI=1S/C14H10F3NO/c15-14(16,17)12(8-10-19)13-7-4-9-18(13)11-5-2-1-3-6-11/h1-10H/b12-8+. The number of carbonyl (C=O) groups excluding carboxylic acids is 1. The van der Waals surface area contributed by atoms with E-state index in [0.717, 1.165) is 0 Å². The molecule has 0 amide bonds. The molecule has 0 saturated heterocycles. The Morgan fingerprint density at radius 2 is 1.74 bits per heavy atom. The minimum atomic E-state index is -4.58. The van der Waals surface area contributed by atoms with Crippen molar-refractivity contribution in [3.05, 3.63) is 60.4 Å². The van der Waals surface area contributed by atoms with Crippen LogP contribution in [0.2, 0.25) is 0 Å². The van der Waals surface area contributed by atoms with Gasteiger partial charge in [-0.25, -0.2) is 0 Å². The molecular weight excluding hydrogens is 255 g/mol. The molecule has 0 saturated carbocycles. The molecule has 1 heterocycles. The topological polar surface area (TPSA) is 22.0 Å². The molecule has 2 aromatic rings. The zero-order valence-electron chi connectivity index (χ0n) is 9.76. The first kappa shape index (κ1) is 13.1. The summed E-state index contributed by atoms with van der Waals surface area (Å²) >= 11 is 0. The van der Waals surface area contributed by atoms with E-state index >= 15 is 0 Å². The lowest BCUT2D eigenvalue weighted by molar-refractivity contribution is -0.104. The van der Waals surface area contributed by atoms with Crippen molar-refractivity contribution < 1.29 is 18.0 Å². The maximum Gasteiger partial charge on any atom is 0.418 e. The van der Waals surface area contributed by atoms with Gasteiger partial charge in [0.1, 0.15) is 6.29 Å². The van der Waals surface area contributed by atoms with Crippen molar-refractivity contribution >= 4 is 11.9 Å². The molecule has 98 valence electrons. The van der Waals surface area contributed by atoms with Crippen LogP contribution in [0.1, 0.15) is 5.69 Å². The lowest BCUT2D eigenvalue weighted by Gasteiger charge is -2.14. The highest BCUT2D eigenvalue weighted by Crippen LogP contribution is 2.34. The van der Waals surface area contributed by atoms with Crippen molar-refractivity contribution in [3.63, 3.8) is 0 Å². The fourth-order valence-electron chi connectivity index (χ4n) is 1.81. The summed E-state index contributed by atoms with van der Waals surface area (Å²) in [6.45, 7) is 0. The normalized spacial score (nSPS) is 12.5. The second kappa shape index (κ2) is 5.14. The molecule has 0 unspecified atom stereocenters. The summed E-state index contributed by atoms with van der Waals surface area (Å²) in [6, 6.07) is 11.5. The van der Waals surface area contributed by atoms with Gasteiger partial charge in [0.05, 0.1) is 11.3 Å². The fraction of sp³-hybridized carbons (Fsp3) is 0.0714. The average Bonchev–Trinajstić information content (AvgIpc) is 2.84. The van der Waals surface area contributed by atoms with Crippen molar-refractivity contribution in [1.29, 1.82) is 0 Å². The SMILES string of the molecule is O=C/C=C(\c1cccn1-c1ccccc1)C(F)(F)F. The molecule has 0 spiro atoms. The van der Waals surface area contributed by atoms with Gasteiger partial charge >= 0.3 is 6.18 Å². The third kappa shape index (κ3) is 2.76. The molecule has 0 aliphatic heterocycles. The first-order valence-electron chi connectivity index (χ1n) is 5.50. The van der Waals surface area contributed by atoms with Gasteiger partial charge < -0.3 is 4.57 Å². The Kier molecular flexibility index (Phi) is 3.55. The van der Waals surface area contributed by atoms with Gasteiger partial charge in [0.15, 0.2) is 0 Å². The maximum atomic E-state index is 12.9. The van der Waals surface area contributed by atoms with Gasteiger partial charge in [-0.2, -0.15) is 13.2 Å². The Bertz CT molecular complexity index is 597. The molecule has 0 fully saturated rings. The highest BCUT2D eigenvalue weighted by atomic mass is 19.4. The highest BCUT2D eigenvalue weighted by Gasteiger charge is 2.36. The van der Waals surface area contributed by atoms with E-state index in [1.54, 1.807) is 30.3 Å². The first-order chi connectivity index (χ1) is 9.04. The van der Waals surface area contributed by atoms with E-state index in [0.29, 0.717) is 11.8 Å². The largest absolute Gasteiger partial charge is 0.418 e. The lowest BCUT2D eigenvalue weighted by Crippen LogP contribution is -2.14. The number of para-hydroxylation sites is 1. The number of benzene rings is 1. The third-order valence-electron chi connectivity index (χ3n) is 2.60. The number of halogens is 3. The number of aldehydes is 1. The molecule has 2 nitrogen and oxygen atoms in total. The van der Waals surface area contributed by atoms with Crippen LogP contribution >= 0.6 is 0 Å².